The number of carbonyl (C=O) groups excluding carboxylic acids is 1. The number of hydrogen-bond donors (Lipinski definition) is 0. The van der Waals surface area contributed by atoms with Crippen molar-refractivity contribution in [2.24, 2.45) is 0 Å². The number of carbonyl (C=O) groups is 1. The third kappa shape index (κ3) is 5.22. The van der Waals surface area contributed by atoms with Crippen LogP contribution in [0.5, 0.6) is 0 Å². The highest BCUT2D eigenvalue weighted by Crippen LogP contribution is 2.13. The van der Waals surface area contributed by atoms with E-state index in [1.54, 1.807) is 12.1 Å². The van der Waals surface area contributed by atoms with Crippen molar-refractivity contribution in [3.8, 4) is 0 Å². The molecule has 0 aliphatic heterocycles. The Morgan fingerprint density at radius 1 is 1.17 bits per heavy atom. The summed E-state index contributed by atoms with van der Waals surface area (Å²) >= 11 is 0. The second-order valence-corrected chi connectivity index (χ2v) is 6.18. The van der Waals surface area contributed by atoms with Crippen LogP contribution in [0, 0.1) is 5.82 Å². The topological polar surface area (TPSA) is 25.2 Å². The number of aromatic nitrogens is 1. The molecule has 0 saturated heterocycles. The van der Waals surface area contributed by atoms with Crippen molar-refractivity contribution < 1.29 is 9.18 Å². The minimum Gasteiger partial charge on any atom is -0.345 e. The second kappa shape index (κ2) is 9.26. The Balaban J connectivity index is 2.10. The van der Waals surface area contributed by atoms with Gasteiger partial charge in [-0.1, -0.05) is 32.4 Å². The quantitative estimate of drug-likeness (QED) is 0.659. The lowest BCUT2D eigenvalue weighted by Gasteiger charge is -2.23. The lowest BCUT2D eigenvalue weighted by Crippen LogP contribution is -2.32. The molecule has 130 valence electrons. The number of benzene rings is 1. The highest BCUT2D eigenvalue weighted by molar-refractivity contribution is 5.76. The minimum absolute atomic E-state index is 0.212. The Labute approximate surface area is 144 Å². The summed E-state index contributed by atoms with van der Waals surface area (Å²) in [7, 11) is 0. The van der Waals surface area contributed by atoms with Crippen molar-refractivity contribution in [2.45, 2.75) is 52.6 Å². The monoisotopic (exact) mass is 330 g/mol. The van der Waals surface area contributed by atoms with Gasteiger partial charge in [0.1, 0.15) is 5.82 Å². The minimum atomic E-state index is -0.219. The molecule has 24 heavy (non-hydrogen) atoms. The molecule has 0 atom stereocenters. The first-order chi connectivity index (χ1) is 11.6. The lowest BCUT2D eigenvalue weighted by molar-refractivity contribution is -0.132. The van der Waals surface area contributed by atoms with Crippen LogP contribution in [0.2, 0.25) is 0 Å². The van der Waals surface area contributed by atoms with E-state index in [1.807, 2.05) is 36.2 Å². The molecule has 1 amide bonds. The predicted octanol–water partition coefficient (Wildman–Crippen LogP) is 4.60. The van der Waals surface area contributed by atoms with Gasteiger partial charge in [0, 0.05) is 31.4 Å². The third-order valence-corrected chi connectivity index (χ3v) is 4.12. The van der Waals surface area contributed by atoms with E-state index in [9.17, 15) is 9.18 Å². The van der Waals surface area contributed by atoms with Gasteiger partial charge in [-0.25, -0.2) is 4.39 Å². The summed E-state index contributed by atoms with van der Waals surface area (Å²) in [6.07, 6.45) is 5.53. The van der Waals surface area contributed by atoms with Crippen molar-refractivity contribution in [1.82, 2.24) is 9.47 Å². The molecule has 1 heterocycles. The number of unbranched alkanes of at least 4 members (excludes halogenated alkanes) is 1. The molecular formula is C20H27FN2O. The van der Waals surface area contributed by atoms with Crippen molar-refractivity contribution in [3.05, 3.63) is 59.7 Å². The van der Waals surface area contributed by atoms with Gasteiger partial charge in [0.25, 0.3) is 0 Å². The lowest BCUT2D eigenvalue weighted by atomic mass is 10.2. The van der Waals surface area contributed by atoms with E-state index in [4.69, 9.17) is 0 Å². The van der Waals surface area contributed by atoms with E-state index in [-0.39, 0.29) is 11.7 Å². The third-order valence-electron chi connectivity index (χ3n) is 4.12. The first kappa shape index (κ1) is 18.2. The van der Waals surface area contributed by atoms with Gasteiger partial charge in [0.2, 0.25) is 5.91 Å². The average Bonchev–Trinajstić information content (AvgIpc) is 2.98. The molecule has 3 nitrogen and oxygen atoms in total. The molecule has 2 rings (SSSR count). The summed E-state index contributed by atoms with van der Waals surface area (Å²) < 4.78 is 15.5. The van der Waals surface area contributed by atoms with Crippen LogP contribution in [0.3, 0.4) is 0 Å². The number of halogens is 1. The Morgan fingerprint density at radius 3 is 2.71 bits per heavy atom. The fourth-order valence-corrected chi connectivity index (χ4v) is 2.79. The van der Waals surface area contributed by atoms with Gasteiger partial charge in [-0.05, 0) is 42.7 Å². The summed E-state index contributed by atoms with van der Waals surface area (Å²) in [6, 6.07) is 10.7. The van der Waals surface area contributed by atoms with Crippen LogP contribution in [-0.4, -0.2) is 21.9 Å². The number of hydrogen-bond acceptors (Lipinski definition) is 1. The van der Waals surface area contributed by atoms with Crippen LogP contribution in [-0.2, 0) is 17.9 Å². The SMILES string of the molecule is CCCCN(Cc1cccn1Cc1cccc(F)c1)C(=O)CCC. The van der Waals surface area contributed by atoms with E-state index < -0.39 is 0 Å². The van der Waals surface area contributed by atoms with E-state index in [0.29, 0.717) is 19.5 Å². The zero-order valence-electron chi connectivity index (χ0n) is 14.7. The fraction of sp³-hybridized carbons (Fsp3) is 0.450. The van der Waals surface area contributed by atoms with E-state index in [1.165, 1.54) is 6.07 Å². The Hall–Kier alpha value is -2.10. The molecule has 2 aromatic rings. The number of rotatable bonds is 9. The Morgan fingerprint density at radius 2 is 2.00 bits per heavy atom. The van der Waals surface area contributed by atoms with Crippen molar-refractivity contribution in [3.63, 3.8) is 0 Å². The van der Waals surface area contributed by atoms with Crippen molar-refractivity contribution in [2.75, 3.05) is 6.54 Å². The molecule has 1 aromatic carbocycles. The molecule has 1 aromatic heterocycles. The van der Waals surface area contributed by atoms with E-state index in [2.05, 4.69) is 11.5 Å². The average molecular weight is 330 g/mol. The van der Waals surface area contributed by atoms with Gasteiger partial charge < -0.3 is 9.47 Å². The molecule has 0 fully saturated rings. The van der Waals surface area contributed by atoms with Gasteiger partial charge in [-0.3, -0.25) is 4.79 Å². The van der Waals surface area contributed by atoms with Crippen molar-refractivity contribution in [1.29, 1.82) is 0 Å². The second-order valence-electron chi connectivity index (χ2n) is 6.18. The van der Waals surface area contributed by atoms with Crippen LogP contribution in [0.1, 0.15) is 50.8 Å². The standard InChI is InChI=1S/C20H27FN2O/c1-3-5-12-23(20(24)8-4-2)16-19-11-7-13-22(19)15-17-9-6-10-18(21)14-17/h6-7,9-11,13-14H,3-5,8,12,15-16H2,1-2H3. The van der Waals surface area contributed by atoms with Crippen LogP contribution in [0.4, 0.5) is 4.39 Å². The summed E-state index contributed by atoms with van der Waals surface area (Å²) in [5, 5.41) is 0. The molecule has 0 bridgehead atoms. The Kier molecular flexibility index (Phi) is 7.04. The van der Waals surface area contributed by atoms with Gasteiger partial charge in [0.05, 0.1) is 6.54 Å². The van der Waals surface area contributed by atoms with Gasteiger partial charge in [-0.15, -0.1) is 0 Å². The first-order valence-corrected chi connectivity index (χ1v) is 8.80. The largest absolute Gasteiger partial charge is 0.345 e. The van der Waals surface area contributed by atoms with Gasteiger partial charge >= 0.3 is 0 Å². The summed E-state index contributed by atoms with van der Waals surface area (Å²) in [5.41, 5.74) is 2.01. The summed E-state index contributed by atoms with van der Waals surface area (Å²) in [5.74, 6) is -0.00615. The molecule has 0 aliphatic rings. The molecular weight excluding hydrogens is 303 g/mol. The zero-order chi connectivity index (χ0) is 17.4. The summed E-state index contributed by atoms with van der Waals surface area (Å²) in [4.78, 5) is 14.3. The highest BCUT2D eigenvalue weighted by atomic mass is 19.1. The zero-order valence-corrected chi connectivity index (χ0v) is 14.7. The van der Waals surface area contributed by atoms with Gasteiger partial charge in [-0.2, -0.15) is 0 Å². The van der Waals surface area contributed by atoms with Crippen LogP contribution in [0.15, 0.2) is 42.6 Å². The maximum atomic E-state index is 13.4. The molecule has 0 spiro atoms. The van der Waals surface area contributed by atoms with Crippen LogP contribution >= 0.6 is 0 Å². The van der Waals surface area contributed by atoms with E-state index in [0.717, 1.165) is 37.1 Å². The molecule has 0 radical (unpaired) electrons. The summed E-state index contributed by atoms with van der Waals surface area (Å²) in [6.45, 7) is 6.18. The van der Waals surface area contributed by atoms with Gasteiger partial charge in [0.15, 0.2) is 0 Å². The predicted molar refractivity (Wildman–Crippen MR) is 95.2 cm³/mol. The van der Waals surface area contributed by atoms with Crippen LogP contribution in [0.25, 0.3) is 0 Å². The smallest absolute Gasteiger partial charge is 0.222 e. The molecule has 4 heteroatoms. The molecule has 0 unspecified atom stereocenters. The maximum Gasteiger partial charge on any atom is 0.222 e. The number of nitrogens with zero attached hydrogens (tertiary/aromatic N) is 2. The highest BCUT2D eigenvalue weighted by Gasteiger charge is 2.14. The fourth-order valence-electron chi connectivity index (χ4n) is 2.79. The van der Waals surface area contributed by atoms with Crippen molar-refractivity contribution >= 4 is 5.91 Å². The molecule has 0 saturated carbocycles. The molecule has 0 aliphatic carbocycles. The van der Waals surface area contributed by atoms with E-state index >= 15 is 0 Å². The Bertz CT molecular complexity index is 651. The number of amides is 1. The molecule has 0 N–H and O–H groups in total. The maximum absolute atomic E-state index is 13.4. The normalized spacial score (nSPS) is 10.8. The van der Waals surface area contributed by atoms with Crippen LogP contribution < -0.4 is 0 Å². The first-order valence-electron chi connectivity index (χ1n) is 8.80.